The molecule has 8 heterocycles. The van der Waals surface area contributed by atoms with Crippen LogP contribution < -0.4 is 39.0 Å². The first kappa shape index (κ1) is 79.4. The van der Waals surface area contributed by atoms with Crippen LogP contribution >= 0.6 is 0 Å². The highest BCUT2D eigenvalue weighted by molar-refractivity contribution is 6.90. The molecule has 0 bridgehead atoms. The second kappa shape index (κ2) is 34.7. The lowest BCUT2D eigenvalue weighted by Gasteiger charge is -2.20. The number of aromatic nitrogens is 4. The number of hydrogen-bond donors (Lipinski definition) is 0. The van der Waals surface area contributed by atoms with Gasteiger partial charge in [0.15, 0.2) is 0 Å². The van der Waals surface area contributed by atoms with E-state index in [0.717, 1.165) is 156 Å². The lowest BCUT2D eigenvalue weighted by atomic mass is 9.92. The van der Waals surface area contributed by atoms with E-state index in [1.54, 1.807) is 68.4 Å². The molecule has 0 N–H and O–H groups in total. The summed E-state index contributed by atoms with van der Waals surface area (Å²) in [6, 6.07) is 58.5. The summed E-state index contributed by atoms with van der Waals surface area (Å²) in [6.07, 6.45) is 1.50. The zero-order chi connectivity index (χ0) is 106. The maximum Gasteiger partial charge on any atom is 0.217 e. The number of halogens is 5. The van der Waals surface area contributed by atoms with Crippen molar-refractivity contribution in [1.29, 1.82) is 0 Å². The number of pyridine rings is 4. The minimum Gasteiger partial charge on any atom is -0.455 e. The predicted octanol–water partition coefficient (Wildman–Crippen LogP) is 29.0. The Morgan fingerprint density at radius 2 is 0.590 bits per heavy atom. The third-order valence-electron chi connectivity index (χ3n) is 27.0. The van der Waals surface area contributed by atoms with Gasteiger partial charge in [0.1, 0.15) is 102 Å². The number of para-hydroxylation sites is 2. The molecule has 0 aliphatic heterocycles. The van der Waals surface area contributed by atoms with Crippen LogP contribution in [0.25, 0.3) is 176 Å². The number of furan rings is 4. The van der Waals surface area contributed by atoms with Crippen molar-refractivity contribution in [3.05, 3.63) is 284 Å². The monoisotopic (exact) mass is 1870 g/mol. The first-order valence-corrected chi connectivity index (χ1v) is 60.0. The van der Waals surface area contributed by atoms with Crippen molar-refractivity contribution in [1.82, 2.24) is 0 Å². The quantitative estimate of drug-likeness (QED) is 0.0694. The van der Waals surface area contributed by atoms with E-state index < -0.39 is 71.3 Å². The highest BCUT2D eigenvalue weighted by atomic mass is 28.3. The zero-order valence-electron chi connectivity index (χ0n) is 93.4. The van der Waals surface area contributed by atoms with Gasteiger partial charge in [0, 0.05) is 131 Å². The summed E-state index contributed by atoms with van der Waals surface area (Å²) >= 11 is 0. The van der Waals surface area contributed by atoms with Gasteiger partial charge in [0.25, 0.3) is 0 Å². The van der Waals surface area contributed by atoms with Crippen LogP contribution in [0.2, 0.25) is 78.6 Å². The molecule has 0 amide bonds. The molecule has 134 heavy (non-hydrogen) atoms. The minimum absolute atomic E-state index is 0.144. The van der Waals surface area contributed by atoms with Crippen molar-refractivity contribution >= 4 is 184 Å². The molecule has 0 aliphatic carbocycles. The first-order valence-electron chi connectivity index (χ1n) is 52.0. The second-order valence-electron chi connectivity index (χ2n) is 41.7. The molecular formula is C117H125F5N4O4Si4+4. The number of aryl methyl sites for hydroxylation is 9. The van der Waals surface area contributed by atoms with Gasteiger partial charge in [-0.2, -0.15) is 18.3 Å². The van der Waals surface area contributed by atoms with Crippen LogP contribution in [0.4, 0.5) is 22.0 Å². The zero-order valence-corrected chi connectivity index (χ0v) is 85.4. The van der Waals surface area contributed by atoms with E-state index in [9.17, 15) is 13.2 Å². The largest absolute Gasteiger partial charge is 0.455 e. The standard InChI is InChI=1S/C31H34F2NOSi.C31H35FNOSi.C28H30NOSi.C27H26F2NOSi/c1-17(2)11-20-13-27(34(5)26-16-29(36(6,7)8)25(33)15-23(20)26)30-19(4)18(3)12-24-22-10-9-21(32)14-28(22)35-31(24)30;1-18(2)13-21-15-27(33(5)26-17-29(35(6,7)8)25(32)16-23(21)26)30-20(4)19(3)14-24-22-11-9-10-12-28(22)34-31(24)30;1-17-14-22-21-10-8-9-11-25(21)30-28(22)27(19(17)3)23-13-12-20-16-26(31(5,6)7)18(2)15-24(20)29(23)4;1-15-11-20-19-9-8-18(28)13-24(19)31-27(20)26(16(15)2)22-10-7-17-12-21(29)25(32(4,5)6)14-23(17)30(22)3/h9-10,12-17H,11H2,1-8H3;9-12,14-18H,13H2,1-8H3;8-16H,1-7H3;7-14H,1-6H3/q4*+1/i2*3D3;2*1D3. The highest BCUT2D eigenvalue weighted by Gasteiger charge is 2.36. The van der Waals surface area contributed by atoms with E-state index >= 15 is 8.78 Å². The Morgan fingerprint density at radius 3 is 0.940 bits per heavy atom. The van der Waals surface area contributed by atoms with E-state index in [1.165, 1.54) is 40.4 Å². The molecule has 20 rings (SSSR count). The molecular weight excluding hydrogens is 1730 g/mol. The molecule has 0 radical (unpaired) electrons. The highest BCUT2D eigenvalue weighted by Crippen LogP contribution is 2.46. The number of rotatable bonds is 12. The van der Waals surface area contributed by atoms with Gasteiger partial charge in [0.2, 0.25) is 44.8 Å². The summed E-state index contributed by atoms with van der Waals surface area (Å²) in [4.78, 5) is 0. The Kier molecular flexibility index (Phi) is 20.6. The molecule has 0 saturated carbocycles. The van der Waals surface area contributed by atoms with Crippen LogP contribution in [-0.4, -0.2) is 32.3 Å². The second-order valence-corrected chi connectivity index (χ2v) is 61.8. The van der Waals surface area contributed by atoms with Crippen LogP contribution in [0.3, 0.4) is 0 Å². The first-order chi connectivity index (χ1) is 67.9. The van der Waals surface area contributed by atoms with Crippen molar-refractivity contribution in [2.24, 2.45) is 40.0 Å². The predicted molar refractivity (Wildman–Crippen MR) is 563 cm³/mol. The van der Waals surface area contributed by atoms with E-state index in [4.69, 9.17) is 34.1 Å². The summed E-state index contributed by atoms with van der Waals surface area (Å²) in [6.45, 7) is 35.1. The Balaban J connectivity index is 0.000000133. The van der Waals surface area contributed by atoms with Crippen molar-refractivity contribution in [3.8, 4) is 45.0 Å². The van der Waals surface area contributed by atoms with Gasteiger partial charge in [-0.25, -0.2) is 22.0 Å². The SMILES string of the molecule is [2H]C([2H])([2H])c1cc2c(oc3cc(F)ccc32)c(-c2cc(CC(C)C)c3cc(F)c([Si](C)(C)C)cc3[n+]2C)c1C.[2H]C([2H])([2H])c1cc2c(oc3cc(F)ccc32)c(-c2ccc3cc(F)c([Si](C)(C)C)cc3[n+]2C)c1C.[2H]C([2H])([2H])c1cc2c(oc3ccccc32)c(-c2cc(CC(C)C)c3cc(F)c([Si](C)(C)C)cc3[n+]2C)c1C.[2H]C([2H])([2H])c1cc2c(oc3ccccc32)c(-c2ccc3cc([Si](C)(C)C)c(C)cc3[n+]2C)c1C. The number of fused-ring (bicyclic) bond motifs is 16. The lowest BCUT2D eigenvalue weighted by Crippen LogP contribution is -2.42. The van der Waals surface area contributed by atoms with Crippen molar-refractivity contribution < 1.29 is 74.3 Å². The average molecular weight is 1870 g/mol. The van der Waals surface area contributed by atoms with E-state index in [2.05, 4.69) is 160 Å². The van der Waals surface area contributed by atoms with Crippen LogP contribution in [0.5, 0.6) is 0 Å². The third kappa shape index (κ3) is 16.8. The molecule has 12 aromatic carbocycles. The van der Waals surface area contributed by atoms with Crippen molar-refractivity contribution in [3.63, 3.8) is 0 Å². The van der Waals surface area contributed by atoms with Gasteiger partial charge in [-0.15, -0.1) is 0 Å². The van der Waals surface area contributed by atoms with Crippen LogP contribution in [0, 0.1) is 103 Å². The molecule has 0 saturated heterocycles. The fourth-order valence-electron chi connectivity index (χ4n) is 19.9. The fourth-order valence-corrected chi connectivity index (χ4v) is 25.8. The molecule has 684 valence electrons. The van der Waals surface area contributed by atoms with Gasteiger partial charge >= 0.3 is 0 Å². The molecule has 0 atom stereocenters. The van der Waals surface area contributed by atoms with Gasteiger partial charge in [-0.3, -0.25) is 0 Å². The molecule has 0 unspecified atom stereocenters. The van der Waals surface area contributed by atoms with Crippen molar-refractivity contribution in [2.45, 2.75) is 181 Å². The molecule has 20 aromatic rings. The summed E-state index contributed by atoms with van der Waals surface area (Å²) in [5.41, 5.74) is 21.7. The third-order valence-corrected chi connectivity index (χ3v) is 35.2. The van der Waals surface area contributed by atoms with E-state index in [1.807, 2.05) is 129 Å². The lowest BCUT2D eigenvalue weighted by molar-refractivity contribution is -0.633. The normalized spacial score (nSPS) is 14.1. The van der Waals surface area contributed by atoms with Crippen LogP contribution in [0.1, 0.15) is 105 Å². The molecule has 17 heteroatoms. The topological polar surface area (TPSA) is 68.1 Å². The van der Waals surface area contributed by atoms with Crippen LogP contribution in [0.15, 0.2) is 212 Å². The molecule has 8 aromatic heterocycles. The number of benzene rings is 12. The summed E-state index contributed by atoms with van der Waals surface area (Å²) in [5.74, 6) is -0.699. The summed E-state index contributed by atoms with van der Waals surface area (Å²) < 4.78 is 206. The average Bonchev–Trinajstić information content (AvgIpc) is 1.49. The maximum absolute atomic E-state index is 15.4. The Bertz CT molecular complexity index is 8810. The Morgan fingerprint density at radius 1 is 0.284 bits per heavy atom. The fraction of sp³-hybridized carbons (Fsp3) is 0.282. The Hall–Kier alpha value is -12.0. The van der Waals surface area contributed by atoms with Crippen molar-refractivity contribution in [2.75, 3.05) is 0 Å². The molecule has 8 nitrogen and oxygen atoms in total. The van der Waals surface area contributed by atoms with Gasteiger partial charge in [-0.05, 0) is 261 Å². The van der Waals surface area contributed by atoms with E-state index in [0.29, 0.717) is 100 Å². The Labute approximate surface area is 804 Å². The summed E-state index contributed by atoms with van der Waals surface area (Å²) in [5, 5.41) is 13.4. The maximum atomic E-state index is 15.4. The summed E-state index contributed by atoms with van der Waals surface area (Å²) in [7, 11) is 0.489. The number of nitrogens with zero attached hydrogens (tertiary/aromatic N) is 4. The molecule has 0 fully saturated rings. The minimum atomic E-state index is -2.36. The smallest absolute Gasteiger partial charge is 0.217 e. The van der Waals surface area contributed by atoms with E-state index in [-0.39, 0.29) is 28.6 Å². The molecule has 0 aliphatic rings. The van der Waals surface area contributed by atoms with Gasteiger partial charge in [-0.1, -0.05) is 148 Å². The van der Waals surface area contributed by atoms with Gasteiger partial charge < -0.3 is 17.7 Å². The van der Waals surface area contributed by atoms with Crippen LogP contribution in [-0.2, 0) is 41.0 Å². The van der Waals surface area contributed by atoms with Gasteiger partial charge in [0.05, 0.1) is 65.3 Å². The number of hydrogen-bond acceptors (Lipinski definition) is 4. The molecule has 0 spiro atoms.